The minimum Gasteiger partial charge on any atom is -0.490 e. The van der Waals surface area contributed by atoms with Gasteiger partial charge in [-0.2, -0.15) is 0 Å². The third kappa shape index (κ3) is 3.54. The van der Waals surface area contributed by atoms with Crippen LogP contribution in [0.25, 0.3) is 0 Å². The number of hydrogen-bond acceptors (Lipinski definition) is 3. The summed E-state index contributed by atoms with van der Waals surface area (Å²) in [5.41, 5.74) is 0. The molecular formula is C15H21ClO3. The summed E-state index contributed by atoms with van der Waals surface area (Å²) in [6.07, 6.45) is 1.79. The summed E-state index contributed by atoms with van der Waals surface area (Å²) in [6.45, 7) is 5.40. The van der Waals surface area contributed by atoms with Crippen LogP contribution in [0.1, 0.15) is 26.7 Å². The quantitative estimate of drug-likeness (QED) is 0.716. The van der Waals surface area contributed by atoms with Gasteiger partial charge in [0.05, 0.1) is 12.0 Å². The van der Waals surface area contributed by atoms with E-state index in [0.717, 1.165) is 24.3 Å². The van der Waals surface area contributed by atoms with Crippen LogP contribution in [0.2, 0.25) is 0 Å². The van der Waals surface area contributed by atoms with Gasteiger partial charge in [0.15, 0.2) is 11.5 Å². The summed E-state index contributed by atoms with van der Waals surface area (Å²) in [4.78, 5) is 0. The van der Waals surface area contributed by atoms with E-state index >= 15 is 0 Å². The molecule has 0 heterocycles. The molecule has 3 atom stereocenters. The molecule has 0 aliphatic heterocycles. The number of alkyl halides is 1. The van der Waals surface area contributed by atoms with Crippen molar-refractivity contribution in [3.05, 3.63) is 24.3 Å². The van der Waals surface area contributed by atoms with Crippen molar-refractivity contribution < 1.29 is 14.2 Å². The van der Waals surface area contributed by atoms with Crippen molar-refractivity contribution in [3.63, 3.8) is 0 Å². The van der Waals surface area contributed by atoms with E-state index in [0.29, 0.717) is 13.2 Å². The average molecular weight is 285 g/mol. The van der Waals surface area contributed by atoms with E-state index in [1.54, 1.807) is 0 Å². The Balaban J connectivity index is 1.98. The highest BCUT2D eigenvalue weighted by atomic mass is 35.5. The molecule has 0 saturated heterocycles. The van der Waals surface area contributed by atoms with Gasteiger partial charge in [-0.25, -0.2) is 0 Å². The molecule has 1 aliphatic rings. The first-order chi connectivity index (χ1) is 9.26. The van der Waals surface area contributed by atoms with E-state index in [1.807, 2.05) is 31.2 Å². The van der Waals surface area contributed by atoms with Gasteiger partial charge in [-0.05, 0) is 25.5 Å². The first-order valence-electron chi connectivity index (χ1n) is 6.90. The monoisotopic (exact) mass is 284 g/mol. The van der Waals surface area contributed by atoms with Gasteiger partial charge in [-0.15, -0.1) is 11.6 Å². The minimum atomic E-state index is -0.0223. The second kappa shape index (κ2) is 7.01. The molecular weight excluding hydrogens is 264 g/mol. The molecule has 1 fully saturated rings. The molecule has 19 heavy (non-hydrogen) atoms. The number of halogens is 1. The summed E-state index contributed by atoms with van der Waals surface area (Å²) in [7, 11) is 0. The van der Waals surface area contributed by atoms with Crippen LogP contribution in [0.3, 0.4) is 0 Å². The predicted molar refractivity (Wildman–Crippen MR) is 76.3 cm³/mol. The van der Waals surface area contributed by atoms with Gasteiger partial charge in [0, 0.05) is 13.0 Å². The van der Waals surface area contributed by atoms with Gasteiger partial charge in [0.1, 0.15) is 12.2 Å². The highest BCUT2D eigenvalue weighted by Gasteiger charge is 2.42. The number of hydrogen-bond donors (Lipinski definition) is 0. The zero-order valence-corrected chi connectivity index (χ0v) is 12.2. The van der Waals surface area contributed by atoms with Crippen LogP contribution in [0.4, 0.5) is 0 Å². The Morgan fingerprint density at radius 3 is 2.58 bits per heavy atom. The average Bonchev–Trinajstić information content (AvgIpc) is 2.43. The van der Waals surface area contributed by atoms with Gasteiger partial charge >= 0.3 is 0 Å². The molecule has 1 saturated carbocycles. The summed E-state index contributed by atoms with van der Waals surface area (Å²) in [5, 5.41) is 0.0497. The molecule has 0 radical (unpaired) electrons. The van der Waals surface area contributed by atoms with E-state index in [4.69, 9.17) is 25.8 Å². The molecule has 106 valence electrons. The Bertz CT molecular complexity index is 397. The van der Waals surface area contributed by atoms with Gasteiger partial charge in [0.25, 0.3) is 0 Å². The third-order valence-corrected chi connectivity index (χ3v) is 3.56. The molecule has 3 nitrogen and oxygen atoms in total. The van der Waals surface area contributed by atoms with Crippen molar-refractivity contribution >= 4 is 11.6 Å². The number of rotatable bonds is 7. The van der Waals surface area contributed by atoms with Gasteiger partial charge in [-0.1, -0.05) is 19.1 Å². The van der Waals surface area contributed by atoms with Crippen molar-refractivity contribution in [3.8, 4) is 11.5 Å². The van der Waals surface area contributed by atoms with Crippen LogP contribution in [0.5, 0.6) is 11.5 Å². The molecule has 0 spiro atoms. The lowest BCUT2D eigenvalue weighted by Crippen LogP contribution is -2.52. The van der Waals surface area contributed by atoms with Crippen LogP contribution in [0, 0.1) is 0 Å². The van der Waals surface area contributed by atoms with Gasteiger partial charge in [0.2, 0.25) is 0 Å². The van der Waals surface area contributed by atoms with E-state index in [1.165, 1.54) is 0 Å². The lowest BCUT2D eigenvalue weighted by atomic mass is 9.91. The van der Waals surface area contributed by atoms with E-state index in [-0.39, 0.29) is 17.6 Å². The zero-order valence-electron chi connectivity index (χ0n) is 11.5. The van der Waals surface area contributed by atoms with Crippen LogP contribution < -0.4 is 9.47 Å². The fourth-order valence-corrected chi connectivity index (χ4v) is 2.50. The largest absolute Gasteiger partial charge is 0.490 e. The topological polar surface area (TPSA) is 27.7 Å². The molecule has 1 aromatic rings. The van der Waals surface area contributed by atoms with Gasteiger partial charge < -0.3 is 14.2 Å². The fourth-order valence-electron chi connectivity index (χ4n) is 2.09. The number of benzene rings is 1. The summed E-state index contributed by atoms with van der Waals surface area (Å²) >= 11 is 6.14. The Labute approximate surface area is 119 Å². The highest BCUT2D eigenvalue weighted by Crippen LogP contribution is 2.36. The Kier molecular flexibility index (Phi) is 5.34. The zero-order chi connectivity index (χ0) is 13.7. The minimum absolute atomic E-state index is 0.0221. The molecule has 2 rings (SSSR count). The molecule has 1 aliphatic carbocycles. The predicted octanol–water partition coefficient (Wildman–Crippen LogP) is 3.64. The maximum atomic E-state index is 6.14. The SMILES string of the molecule is CCCOc1ccccc1OC1CC(Cl)C1OCC. The Hall–Kier alpha value is -0.930. The maximum absolute atomic E-state index is 6.14. The second-order valence-corrected chi connectivity index (χ2v) is 5.18. The van der Waals surface area contributed by atoms with Gasteiger partial charge in [-0.3, -0.25) is 0 Å². The lowest BCUT2D eigenvalue weighted by Gasteiger charge is -2.40. The van der Waals surface area contributed by atoms with Crippen LogP contribution in [-0.4, -0.2) is 30.8 Å². The summed E-state index contributed by atoms with van der Waals surface area (Å²) in [6, 6.07) is 7.75. The Morgan fingerprint density at radius 1 is 1.21 bits per heavy atom. The highest BCUT2D eigenvalue weighted by molar-refractivity contribution is 6.21. The summed E-state index contributed by atoms with van der Waals surface area (Å²) < 4.78 is 17.3. The second-order valence-electron chi connectivity index (χ2n) is 4.62. The molecule has 0 bridgehead atoms. The molecule has 0 N–H and O–H groups in total. The van der Waals surface area contributed by atoms with E-state index in [9.17, 15) is 0 Å². The van der Waals surface area contributed by atoms with Crippen LogP contribution in [-0.2, 0) is 4.74 Å². The maximum Gasteiger partial charge on any atom is 0.161 e. The van der Waals surface area contributed by atoms with Crippen LogP contribution in [0.15, 0.2) is 24.3 Å². The Morgan fingerprint density at radius 2 is 1.95 bits per heavy atom. The number of ether oxygens (including phenoxy) is 3. The van der Waals surface area contributed by atoms with Crippen LogP contribution >= 0.6 is 11.6 Å². The standard InChI is InChI=1S/C15H21ClO3/c1-3-9-18-12-7-5-6-8-13(12)19-14-10-11(16)15(14)17-4-2/h5-8,11,14-15H,3-4,9-10H2,1-2H3. The molecule has 3 unspecified atom stereocenters. The normalized spacial score (nSPS) is 25.7. The molecule has 0 aromatic heterocycles. The van der Waals surface area contributed by atoms with Crippen molar-refractivity contribution in [2.75, 3.05) is 13.2 Å². The summed E-state index contributed by atoms with van der Waals surface area (Å²) in [5.74, 6) is 1.56. The molecule has 0 amide bonds. The van der Waals surface area contributed by atoms with Crippen molar-refractivity contribution in [1.82, 2.24) is 0 Å². The fraction of sp³-hybridized carbons (Fsp3) is 0.600. The lowest BCUT2D eigenvalue weighted by molar-refractivity contribution is -0.0766. The van der Waals surface area contributed by atoms with Crippen molar-refractivity contribution in [2.24, 2.45) is 0 Å². The van der Waals surface area contributed by atoms with Crippen molar-refractivity contribution in [2.45, 2.75) is 44.3 Å². The smallest absolute Gasteiger partial charge is 0.161 e. The first-order valence-corrected chi connectivity index (χ1v) is 7.34. The van der Waals surface area contributed by atoms with E-state index in [2.05, 4.69) is 6.92 Å². The number of para-hydroxylation sites is 2. The van der Waals surface area contributed by atoms with Crippen molar-refractivity contribution in [1.29, 1.82) is 0 Å². The van der Waals surface area contributed by atoms with E-state index < -0.39 is 0 Å². The molecule has 4 heteroatoms. The first kappa shape index (κ1) is 14.5. The third-order valence-electron chi connectivity index (χ3n) is 3.13. The molecule has 1 aromatic carbocycles.